The van der Waals surface area contributed by atoms with Gasteiger partial charge in [-0.05, 0) is 42.4 Å². The lowest BCUT2D eigenvalue weighted by molar-refractivity contribution is 0.263. The fraction of sp³-hybridized carbons (Fsp3) is 0.600. The number of hydrogen-bond acceptors (Lipinski definition) is 3. The molecule has 0 aliphatic rings. The number of sulfonamides is 1. The van der Waals surface area contributed by atoms with Crippen molar-refractivity contribution in [3.8, 4) is 0 Å². The molecular formula is C15H26BrNO3SSi. The number of halogens is 1. The molecule has 0 N–H and O–H groups in total. The molecule has 7 heteroatoms. The zero-order valence-electron chi connectivity index (χ0n) is 14.2. The van der Waals surface area contributed by atoms with Crippen molar-refractivity contribution in [2.75, 3.05) is 20.2 Å². The number of benzene rings is 1. The first-order valence-electron chi connectivity index (χ1n) is 7.24. The molecule has 1 aromatic rings. The minimum absolute atomic E-state index is 0.121. The molecule has 0 radical (unpaired) electrons. The highest BCUT2D eigenvalue weighted by atomic mass is 79.9. The molecule has 1 rings (SSSR count). The molecule has 0 aliphatic heterocycles. The Morgan fingerprint density at radius 3 is 2.14 bits per heavy atom. The van der Waals surface area contributed by atoms with E-state index in [1.165, 1.54) is 4.31 Å². The minimum Gasteiger partial charge on any atom is -0.415 e. The third-order valence-electron chi connectivity index (χ3n) is 4.20. The summed E-state index contributed by atoms with van der Waals surface area (Å²) in [5, 5.41) is 0.121. The number of rotatable bonds is 6. The number of nitrogens with zero attached hydrogens (tertiary/aromatic N) is 1. The first-order valence-corrected chi connectivity index (χ1v) is 12.4. The molecule has 0 saturated heterocycles. The van der Waals surface area contributed by atoms with Gasteiger partial charge >= 0.3 is 0 Å². The van der Waals surface area contributed by atoms with Gasteiger partial charge in [0.1, 0.15) is 0 Å². The Morgan fingerprint density at radius 1 is 1.18 bits per heavy atom. The normalized spacial score (nSPS) is 13.6. The highest BCUT2D eigenvalue weighted by molar-refractivity contribution is 9.10. The summed E-state index contributed by atoms with van der Waals surface area (Å²) in [4.78, 5) is 0.297. The minimum atomic E-state index is -3.46. The molecule has 0 aromatic heterocycles. The van der Waals surface area contributed by atoms with Crippen LogP contribution in [0.3, 0.4) is 0 Å². The van der Waals surface area contributed by atoms with E-state index >= 15 is 0 Å². The van der Waals surface area contributed by atoms with Crippen molar-refractivity contribution in [1.82, 2.24) is 4.31 Å². The van der Waals surface area contributed by atoms with Crippen molar-refractivity contribution >= 4 is 34.3 Å². The Bertz CT molecular complexity index is 594. The highest BCUT2D eigenvalue weighted by Crippen LogP contribution is 2.36. The van der Waals surface area contributed by atoms with E-state index in [2.05, 4.69) is 49.8 Å². The van der Waals surface area contributed by atoms with Crippen LogP contribution in [-0.2, 0) is 14.4 Å². The van der Waals surface area contributed by atoms with Crippen LogP contribution in [0.4, 0.5) is 0 Å². The van der Waals surface area contributed by atoms with E-state index in [1.54, 1.807) is 31.3 Å². The van der Waals surface area contributed by atoms with Gasteiger partial charge in [-0.1, -0.05) is 36.7 Å². The largest absolute Gasteiger partial charge is 0.415 e. The van der Waals surface area contributed by atoms with Crippen molar-refractivity contribution in [2.24, 2.45) is 0 Å². The Labute approximate surface area is 144 Å². The van der Waals surface area contributed by atoms with E-state index in [1.807, 2.05) is 0 Å². The maximum atomic E-state index is 12.5. The van der Waals surface area contributed by atoms with Crippen LogP contribution in [0.15, 0.2) is 33.6 Å². The van der Waals surface area contributed by atoms with Gasteiger partial charge in [0, 0.05) is 24.7 Å². The van der Waals surface area contributed by atoms with Gasteiger partial charge in [-0.3, -0.25) is 0 Å². The Hall–Kier alpha value is -0.213. The third-order valence-corrected chi connectivity index (χ3v) is 11.1. The van der Waals surface area contributed by atoms with Crippen molar-refractivity contribution in [3.05, 3.63) is 28.7 Å². The van der Waals surface area contributed by atoms with Crippen molar-refractivity contribution in [1.29, 1.82) is 0 Å². The summed E-state index contributed by atoms with van der Waals surface area (Å²) >= 11 is 3.31. The fourth-order valence-electron chi connectivity index (χ4n) is 1.55. The lowest BCUT2D eigenvalue weighted by atomic mass is 10.2. The number of likely N-dealkylation sites (N-methyl/N-ethyl adjacent to an activating group) is 1. The van der Waals surface area contributed by atoms with Crippen LogP contribution in [0.2, 0.25) is 18.1 Å². The molecule has 22 heavy (non-hydrogen) atoms. The summed E-state index contributed by atoms with van der Waals surface area (Å²) in [5.74, 6) is 0. The van der Waals surface area contributed by atoms with Gasteiger partial charge in [0.2, 0.25) is 10.0 Å². The molecule has 0 bridgehead atoms. The van der Waals surface area contributed by atoms with Crippen LogP contribution in [-0.4, -0.2) is 41.2 Å². The average molecular weight is 408 g/mol. The molecule has 4 nitrogen and oxygen atoms in total. The summed E-state index contributed by atoms with van der Waals surface area (Å²) in [7, 11) is -3.72. The first-order chi connectivity index (χ1) is 9.88. The summed E-state index contributed by atoms with van der Waals surface area (Å²) in [5.41, 5.74) is 0. The summed E-state index contributed by atoms with van der Waals surface area (Å²) in [6.45, 7) is 11.6. The quantitative estimate of drug-likeness (QED) is 0.666. The molecule has 0 saturated carbocycles. The molecule has 0 unspecified atom stereocenters. The van der Waals surface area contributed by atoms with Gasteiger partial charge in [0.15, 0.2) is 8.32 Å². The molecule has 0 heterocycles. The highest BCUT2D eigenvalue weighted by Gasteiger charge is 2.37. The fourth-order valence-corrected chi connectivity index (χ4v) is 4.01. The van der Waals surface area contributed by atoms with E-state index in [0.717, 1.165) is 4.47 Å². The zero-order chi connectivity index (χ0) is 17.2. The third kappa shape index (κ3) is 4.89. The Kier molecular flexibility index (Phi) is 6.43. The Morgan fingerprint density at radius 2 is 1.68 bits per heavy atom. The topological polar surface area (TPSA) is 46.6 Å². The summed E-state index contributed by atoms with van der Waals surface area (Å²) in [6.07, 6.45) is 0. The molecule has 0 amide bonds. The van der Waals surface area contributed by atoms with Gasteiger partial charge in [-0.25, -0.2) is 8.42 Å². The van der Waals surface area contributed by atoms with E-state index in [9.17, 15) is 8.42 Å². The van der Waals surface area contributed by atoms with Crippen LogP contribution < -0.4 is 0 Å². The SMILES string of the molecule is CN(CCO[Si](C)(C)C(C)(C)C)S(=O)(=O)c1ccc(Br)cc1. The first kappa shape index (κ1) is 19.8. The van der Waals surface area contributed by atoms with E-state index in [4.69, 9.17) is 4.43 Å². The van der Waals surface area contributed by atoms with Crippen molar-refractivity contribution in [2.45, 2.75) is 43.8 Å². The van der Waals surface area contributed by atoms with Gasteiger partial charge in [0.25, 0.3) is 0 Å². The molecule has 126 valence electrons. The van der Waals surface area contributed by atoms with Gasteiger partial charge in [-0.15, -0.1) is 0 Å². The lowest BCUT2D eigenvalue weighted by Gasteiger charge is -2.36. The van der Waals surface area contributed by atoms with Crippen LogP contribution in [0.5, 0.6) is 0 Å². The summed E-state index contributed by atoms with van der Waals surface area (Å²) < 4.78 is 33.2. The molecule has 0 spiro atoms. The van der Waals surface area contributed by atoms with Crippen LogP contribution in [0.25, 0.3) is 0 Å². The van der Waals surface area contributed by atoms with Crippen molar-refractivity contribution in [3.63, 3.8) is 0 Å². The molecular weight excluding hydrogens is 382 g/mol. The van der Waals surface area contributed by atoms with Gasteiger partial charge in [0.05, 0.1) is 4.90 Å². The zero-order valence-corrected chi connectivity index (χ0v) is 17.6. The standard InChI is InChI=1S/C15H26BrNO3SSi/c1-15(2,3)22(5,6)20-12-11-17(4)21(18,19)14-9-7-13(16)8-10-14/h7-10H,11-12H2,1-6H3. The van der Waals surface area contributed by atoms with Crippen molar-refractivity contribution < 1.29 is 12.8 Å². The monoisotopic (exact) mass is 407 g/mol. The molecule has 0 fully saturated rings. The van der Waals surface area contributed by atoms with Crippen LogP contribution in [0.1, 0.15) is 20.8 Å². The molecule has 0 aliphatic carbocycles. The lowest BCUT2D eigenvalue weighted by Crippen LogP contribution is -2.43. The maximum Gasteiger partial charge on any atom is 0.242 e. The van der Waals surface area contributed by atoms with Gasteiger partial charge in [-0.2, -0.15) is 4.31 Å². The smallest absolute Gasteiger partial charge is 0.242 e. The number of hydrogen-bond donors (Lipinski definition) is 0. The van der Waals surface area contributed by atoms with Gasteiger partial charge < -0.3 is 4.43 Å². The predicted octanol–water partition coefficient (Wildman–Crippen LogP) is 4.09. The van der Waals surface area contributed by atoms with Crippen LogP contribution >= 0.6 is 15.9 Å². The predicted molar refractivity (Wildman–Crippen MR) is 97.1 cm³/mol. The maximum absolute atomic E-state index is 12.5. The van der Waals surface area contributed by atoms with E-state index in [-0.39, 0.29) is 5.04 Å². The Balaban J connectivity index is 2.69. The second kappa shape index (κ2) is 7.13. The van der Waals surface area contributed by atoms with Crippen LogP contribution in [0, 0.1) is 0 Å². The molecule has 1 aromatic carbocycles. The summed E-state index contributed by atoms with van der Waals surface area (Å²) in [6, 6.07) is 6.66. The van der Waals surface area contributed by atoms with E-state index in [0.29, 0.717) is 18.0 Å². The average Bonchev–Trinajstić information content (AvgIpc) is 2.37. The second-order valence-corrected chi connectivity index (χ2v) is 14.7. The van der Waals surface area contributed by atoms with E-state index < -0.39 is 18.3 Å². The second-order valence-electron chi connectivity index (χ2n) is 6.89. The molecule has 0 atom stereocenters.